The molecule has 0 heterocycles. The van der Waals surface area contributed by atoms with Gasteiger partial charge in [0.25, 0.3) is 0 Å². The molecule has 0 aromatic heterocycles. The number of aryl methyl sites for hydroxylation is 1. The Kier molecular flexibility index (Phi) is 4.42. The highest BCUT2D eigenvalue weighted by molar-refractivity contribution is 7.75. The van der Waals surface area contributed by atoms with Gasteiger partial charge in [0, 0.05) is 13.2 Å². The highest BCUT2D eigenvalue weighted by Crippen LogP contribution is 2.26. The van der Waals surface area contributed by atoms with E-state index < -0.39 is 0 Å². The Hall–Kier alpha value is -1.04. The van der Waals surface area contributed by atoms with Crippen LogP contribution in [0.15, 0.2) is 48.5 Å². The number of para-hydroxylation sites is 1. The zero-order valence-corrected chi connectivity index (χ0v) is 11.4. The molecule has 2 rings (SSSR count). The number of rotatable bonds is 4. The minimum atomic E-state index is 0.240. The number of benzene rings is 2. The van der Waals surface area contributed by atoms with Crippen LogP contribution in [0.4, 0.5) is 0 Å². The van der Waals surface area contributed by atoms with Gasteiger partial charge in [-0.3, -0.25) is 0 Å². The highest BCUT2D eigenvalue weighted by Gasteiger charge is 2.06. The summed E-state index contributed by atoms with van der Waals surface area (Å²) in [6.07, 6.45) is 0. The predicted octanol–water partition coefficient (Wildman–Crippen LogP) is 4.03. The molecule has 0 aliphatic rings. The van der Waals surface area contributed by atoms with Crippen LogP contribution in [0.5, 0.6) is 5.75 Å². The Morgan fingerprint density at radius 2 is 1.82 bits per heavy atom. The molecule has 88 valence electrons. The molecule has 0 amide bonds. The third-order valence-electron chi connectivity index (χ3n) is 2.54. The fraction of sp³-hybridized carbons (Fsp3) is 0.143. The molecule has 2 aromatic rings. The zero-order valence-electron chi connectivity index (χ0n) is 9.61. The van der Waals surface area contributed by atoms with E-state index >= 15 is 0 Å². The van der Waals surface area contributed by atoms with E-state index in [0.717, 1.165) is 16.6 Å². The number of halogens is 1. The summed E-state index contributed by atoms with van der Waals surface area (Å²) in [5, 5.41) is 1.07. The molecule has 0 saturated heterocycles. The summed E-state index contributed by atoms with van der Waals surface area (Å²) in [6.45, 7) is 2.63. The number of hydrogen-bond donors (Lipinski definition) is 0. The SMILES string of the molecule is Cc1cccc(PCl)c1OCc1ccccc1. The van der Waals surface area contributed by atoms with Crippen LogP contribution >= 0.6 is 19.2 Å². The van der Waals surface area contributed by atoms with Gasteiger partial charge < -0.3 is 4.74 Å². The van der Waals surface area contributed by atoms with Crippen molar-refractivity contribution < 1.29 is 4.74 Å². The van der Waals surface area contributed by atoms with E-state index in [2.05, 4.69) is 12.1 Å². The largest absolute Gasteiger partial charge is 0.488 e. The third-order valence-corrected chi connectivity index (χ3v) is 3.75. The second-order valence-electron chi connectivity index (χ2n) is 3.82. The van der Waals surface area contributed by atoms with Crippen molar-refractivity contribution in [1.82, 2.24) is 0 Å². The first kappa shape index (κ1) is 12.4. The van der Waals surface area contributed by atoms with E-state index in [4.69, 9.17) is 16.0 Å². The molecular formula is C14H14ClOP. The number of hydrogen-bond acceptors (Lipinski definition) is 1. The maximum atomic E-state index is 5.93. The highest BCUT2D eigenvalue weighted by atomic mass is 35.7. The Morgan fingerprint density at radius 3 is 2.53 bits per heavy atom. The molecule has 3 heteroatoms. The van der Waals surface area contributed by atoms with Gasteiger partial charge in [-0.25, -0.2) is 0 Å². The molecule has 0 aliphatic heterocycles. The second-order valence-corrected chi connectivity index (χ2v) is 5.11. The third kappa shape index (κ3) is 3.21. The first-order valence-corrected chi connectivity index (χ1v) is 7.45. The molecule has 0 fully saturated rings. The first-order valence-electron chi connectivity index (χ1n) is 5.44. The molecule has 17 heavy (non-hydrogen) atoms. The fourth-order valence-corrected chi connectivity index (χ4v) is 2.61. The van der Waals surface area contributed by atoms with E-state index in [1.165, 1.54) is 5.56 Å². The maximum Gasteiger partial charge on any atom is 0.131 e. The molecule has 1 atom stereocenters. The predicted molar refractivity (Wildman–Crippen MR) is 75.8 cm³/mol. The van der Waals surface area contributed by atoms with Crippen molar-refractivity contribution in [2.75, 3.05) is 0 Å². The van der Waals surface area contributed by atoms with E-state index in [-0.39, 0.29) is 7.93 Å². The summed E-state index contributed by atoms with van der Waals surface area (Å²) in [6, 6.07) is 16.2. The lowest BCUT2D eigenvalue weighted by Gasteiger charge is -2.12. The monoisotopic (exact) mass is 264 g/mol. The molecule has 1 unspecified atom stereocenters. The second kappa shape index (κ2) is 6.05. The Labute approximate surface area is 108 Å². The van der Waals surface area contributed by atoms with Crippen LogP contribution < -0.4 is 10.0 Å². The molecule has 0 saturated carbocycles. The van der Waals surface area contributed by atoms with Crippen LogP contribution in [0.3, 0.4) is 0 Å². The van der Waals surface area contributed by atoms with Crippen molar-refractivity contribution >= 4 is 24.5 Å². The van der Waals surface area contributed by atoms with Crippen molar-refractivity contribution in [3.63, 3.8) is 0 Å². The van der Waals surface area contributed by atoms with Crippen molar-refractivity contribution in [2.24, 2.45) is 0 Å². The smallest absolute Gasteiger partial charge is 0.131 e. The van der Waals surface area contributed by atoms with Gasteiger partial charge in [0.05, 0.1) is 0 Å². The number of ether oxygens (including phenoxy) is 1. The van der Waals surface area contributed by atoms with Crippen LogP contribution in [0, 0.1) is 6.92 Å². The van der Waals surface area contributed by atoms with Gasteiger partial charge >= 0.3 is 0 Å². The van der Waals surface area contributed by atoms with Crippen LogP contribution in [-0.2, 0) is 6.61 Å². The quantitative estimate of drug-likeness (QED) is 0.758. The average molecular weight is 265 g/mol. The van der Waals surface area contributed by atoms with Crippen LogP contribution in [0.1, 0.15) is 11.1 Å². The van der Waals surface area contributed by atoms with E-state index in [1.807, 2.05) is 43.3 Å². The molecule has 0 N–H and O–H groups in total. The summed E-state index contributed by atoms with van der Waals surface area (Å²) in [4.78, 5) is 0. The molecule has 0 bridgehead atoms. The van der Waals surface area contributed by atoms with Gasteiger partial charge in [-0.1, -0.05) is 53.7 Å². The van der Waals surface area contributed by atoms with E-state index in [0.29, 0.717) is 6.61 Å². The Bertz CT molecular complexity index is 485. The van der Waals surface area contributed by atoms with E-state index in [1.54, 1.807) is 0 Å². The first-order chi connectivity index (χ1) is 8.31. The lowest BCUT2D eigenvalue weighted by Crippen LogP contribution is -2.05. The van der Waals surface area contributed by atoms with Crippen molar-refractivity contribution in [3.05, 3.63) is 59.7 Å². The Balaban J connectivity index is 2.14. The molecule has 2 aromatic carbocycles. The normalized spacial score (nSPS) is 10.9. The van der Waals surface area contributed by atoms with Crippen LogP contribution in [0.2, 0.25) is 0 Å². The van der Waals surface area contributed by atoms with Gasteiger partial charge in [-0.15, -0.1) is 0 Å². The van der Waals surface area contributed by atoms with Crippen LogP contribution in [0.25, 0.3) is 0 Å². The summed E-state index contributed by atoms with van der Waals surface area (Å²) in [7, 11) is 0.240. The maximum absolute atomic E-state index is 5.93. The molecule has 1 nitrogen and oxygen atoms in total. The summed E-state index contributed by atoms with van der Waals surface area (Å²) in [5.74, 6) is 0.921. The van der Waals surface area contributed by atoms with Crippen molar-refractivity contribution in [1.29, 1.82) is 0 Å². The average Bonchev–Trinajstić information content (AvgIpc) is 2.38. The topological polar surface area (TPSA) is 9.23 Å². The molecule has 0 radical (unpaired) electrons. The standard InChI is InChI=1S/C14H14ClOP/c1-11-6-5-9-13(17-15)14(11)16-10-12-7-3-2-4-8-12/h2-9,17H,10H2,1H3. The lowest BCUT2D eigenvalue weighted by molar-refractivity contribution is 0.307. The van der Waals surface area contributed by atoms with Crippen LogP contribution in [-0.4, -0.2) is 0 Å². The Morgan fingerprint density at radius 1 is 1.06 bits per heavy atom. The summed E-state index contributed by atoms with van der Waals surface area (Å²) >= 11 is 5.93. The molecular weight excluding hydrogens is 251 g/mol. The van der Waals surface area contributed by atoms with Gasteiger partial charge in [0.15, 0.2) is 0 Å². The van der Waals surface area contributed by atoms with Crippen molar-refractivity contribution in [3.8, 4) is 5.75 Å². The molecule has 0 aliphatic carbocycles. The van der Waals surface area contributed by atoms with Gasteiger partial charge in [-0.2, -0.15) is 0 Å². The van der Waals surface area contributed by atoms with E-state index in [9.17, 15) is 0 Å². The summed E-state index contributed by atoms with van der Waals surface area (Å²) < 4.78 is 5.87. The minimum absolute atomic E-state index is 0.240. The summed E-state index contributed by atoms with van der Waals surface area (Å²) in [5.41, 5.74) is 2.30. The van der Waals surface area contributed by atoms with Gasteiger partial charge in [0.2, 0.25) is 0 Å². The van der Waals surface area contributed by atoms with Gasteiger partial charge in [0.1, 0.15) is 12.4 Å². The van der Waals surface area contributed by atoms with Crippen molar-refractivity contribution in [2.45, 2.75) is 13.5 Å². The fourth-order valence-electron chi connectivity index (χ4n) is 1.65. The molecule has 0 spiro atoms. The zero-order chi connectivity index (χ0) is 12.1. The lowest BCUT2D eigenvalue weighted by atomic mass is 10.2. The minimum Gasteiger partial charge on any atom is -0.488 e. The van der Waals surface area contributed by atoms with Gasteiger partial charge in [-0.05, 0) is 24.1 Å².